The van der Waals surface area contributed by atoms with E-state index >= 15 is 0 Å². The Morgan fingerprint density at radius 2 is 2.20 bits per heavy atom. The number of fused-ring (bicyclic) bond motifs is 1. The van der Waals surface area contributed by atoms with Crippen LogP contribution in [-0.2, 0) is 18.3 Å². The minimum absolute atomic E-state index is 0.199. The molecule has 132 valence electrons. The zero-order valence-corrected chi connectivity index (χ0v) is 14.4. The number of amides is 1. The number of carbonyl (C=O) groups is 1. The van der Waals surface area contributed by atoms with E-state index in [1.54, 1.807) is 6.33 Å². The molecule has 1 aromatic heterocycles. The fourth-order valence-electron chi connectivity index (χ4n) is 3.58. The molecule has 7 nitrogen and oxygen atoms in total. The number of aromatic nitrogens is 3. The summed E-state index contributed by atoms with van der Waals surface area (Å²) in [5.74, 6) is 2.98. The second kappa shape index (κ2) is 6.74. The molecule has 25 heavy (non-hydrogen) atoms. The number of hydrogen-bond donors (Lipinski definition) is 0. The number of piperidine rings is 1. The van der Waals surface area contributed by atoms with E-state index in [1.165, 1.54) is 0 Å². The van der Waals surface area contributed by atoms with Crippen LogP contribution < -0.4 is 9.47 Å². The first kappa shape index (κ1) is 15.9. The molecule has 0 radical (unpaired) electrons. The Labute approximate surface area is 146 Å². The number of ether oxygens (including phenoxy) is 2. The van der Waals surface area contributed by atoms with Gasteiger partial charge < -0.3 is 18.9 Å². The van der Waals surface area contributed by atoms with E-state index in [4.69, 9.17) is 9.47 Å². The first-order valence-electron chi connectivity index (χ1n) is 8.71. The summed E-state index contributed by atoms with van der Waals surface area (Å²) in [4.78, 5) is 14.6. The number of benzene rings is 1. The van der Waals surface area contributed by atoms with Crippen LogP contribution >= 0.6 is 0 Å². The molecule has 0 unspecified atom stereocenters. The van der Waals surface area contributed by atoms with Crippen molar-refractivity contribution in [2.24, 2.45) is 7.05 Å². The molecule has 1 fully saturated rings. The largest absolute Gasteiger partial charge is 0.454 e. The van der Waals surface area contributed by atoms with Crippen molar-refractivity contribution in [2.45, 2.75) is 31.6 Å². The summed E-state index contributed by atoms with van der Waals surface area (Å²) in [6, 6.07) is 5.88. The number of rotatable bonds is 4. The SMILES string of the molecule is Cn1cnnc1[C@@H]1CCCN(C(=O)CCc2ccc3c(c2)OCO3)C1. The highest BCUT2D eigenvalue weighted by Gasteiger charge is 2.27. The molecule has 2 aliphatic rings. The second-order valence-corrected chi connectivity index (χ2v) is 6.67. The summed E-state index contributed by atoms with van der Waals surface area (Å²) >= 11 is 0. The van der Waals surface area contributed by atoms with Crippen molar-refractivity contribution >= 4 is 5.91 Å². The number of hydrogen-bond acceptors (Lipinski definition) is 5. The van der Waals surface area contributed by atoms with E-state index in [1.807, 2.05) is 34.7 Å². The number of aryl methyl sites for hydroxylation is 2. The zero-order valence-electron chi connectivity index (χ0n) is 14.4. The Morgan fingerprint density at radius 3 is 3.04 bits per heavy atom. The molecule has 4 rings (SSSR count). The Bertz CT molecular complexity index is 773. The quantitative estimate of drug-likeness (QED) is 0.848. The van der Waals surface area contributed by atoms with Crippen LogP contribution in [0, 0.1) is 0 Å². The number of likely N-dealkylation sites (tertiary alicyclic amines) is 1. The van der Waals surface area contributed by atoms with Crippen molar-refractivity contribution in [3.63, 3.8) is 0 Å². The van der Waals surface area contributed by atoms with Gasteiger partial charge in [-0.05, 0) is 37.0 Å². The van der Waals surface area contributed by atoms with Crippen LogP contribution in [0.3, 0.4) is 0 Å². The lowest BCUT2D eigenvalue weighted by Crippen LogP contribution is -2.39. The van der Waals surface area contributed by atoms with E-state index in [-0.39, 0.29) is 18.6 Å². The molecule has 3 heterocycles. The molecule has 1 saturated heterocycles. The van der Waals surface area contributed by atoms with E-state index in [0.29, 0.717) is 12.8 Å². The van der Waals surface area contributed by atoms with Gasteiger partial charge in [0.15, 0.2) is 11.5 Å². The lowest BCUT2D eigenvalue weighted by molar-refractivity contribution is -0.132. The molecule has 0 saturated carbocycles. The summed E-state index contributed by atoms with van der Waals surface area (Å²) in [6.45, 7) is 1.83. The van der Waals surface area contributed by atoms with Gasteiger partial charge in [-0.15, -0.1) is 10.2 Å². The topological polar surface area (TPSA) is 69.5 Å². The third-order valence-electron chi connectivity index (χ3n) is 4.95. The van der Waals surface area contributed by atoms with Gasteiger partial charge in [-0.1, -0.05) is 6.07 Å². The van der Waals surface area contributed by atoms with Crippen LogP contribution in [0.15, 0.2) is 24.5 Å². The monoisotopic (exact) mass is 342 g/mol. The first-order chi connectivity index (χ1) is 12.2. The third-order valence-corrected chi connectivity index (χ3v) is 4.95. The second-order valence-electron chi connectivity index (χ2n) is 6.67. The highest BCUT2D eigenvalue weighted by Crippen LogP contribution is 2.33. The Balaban J connectivity index is 1.35. The van der Waals surface area contributed by atoms with Crippen molar-refractivity contribution in [1.82, 2.24) is 19.7 Å². The summed E-state index contributed by atoms with van der Waals surface area (Å²) < 4.78 is 12.7. The van der Waals surface area contributed by atoms with Crippen LogP contribution in [0.1, 0.15) is 36.6 Å². The minimum atomic E-state index is 0.199. The van der Waals surface area contributed by atoms with E-state index in [0.717, 1.165) is 48.8 Å². The maximum Gasteiger partial charge on any atom is 0.231 e. The normalized spacial score (nSPS) is 19.2. The van der Waals surface area contributed by atoms with Gasteiger partial charge in [0.2, 0.25) is 12.7 Å². The Morgan fingerprint density at radius 1 is 1.32 bits per heavy atom. The maximum absolute atomic E-state index is 12.6. The molecule has 7 heteroatoms. The summed E-state index contributed by atoms with van der Waals surface area (Å²) in [6.07, 6.45) is 4.99. The summed E-state index contributed by atoms with van der Waals surface area (Å²) in [7, 11) is 1.95. The summed E-state index contributed by atoms with van der Waals surface area (Å²) in [5.41, 5.74) is 1.10. The van der Waals surface area contributed by atoms with Crippen molar-refractivity contribution in [3.8, 4) is 11.5 Å². The van der Waals surface area contributed by atoms with Gasteiger partial charge in [0.1, 0.15) is 12.2 Å². The van der Waals surface area contributed by atoms with Gasteiger partial charge in [-0.2, -0.15) is 0 Å². The van der Waals surface area contributed by atoms with E-state index in [9.17, 15) is 4.79 Å². The van der Waals surface area contributed by atoms with Crippen LogP contribution in [0.5, 0.6) is 11.5 Å². The molecule has 1 amide bonds. The van der Waals surface area contributed by atoms with Crippen LogP contribution in [0.4, 0.5) is 0 Å². The molecular formula is C18H22N4O3. The molecule has 0 bridgehead atoms. The standard InChI is InChI=1S/C18H22N4O3/c1-21-11-19-20-18(21)14-3-2-8-22(10-14)17(23)7-5-13-4-6-15-16(9-13)25-12-24-15/h4,6,9,11,14H,2-3,5,7-8,10,12H2,1H3/t14-/m1/s1. The predicted molar refractivity (Wildman–Crippen MR) is 90.4 cm³/mol. The molecule has 1 atom stereocenters. The van der Waals surface area contributed by atoms with Gasteiger partial charge in [0.05, 0.1) is 0 Å². The average molecular weight is 342 g/mol. The predicted octanol–water partition coefficient (Wildman–Crippen LogP) is 1.88. The average Bonchev–Trinajstić information content (AvgIpc) is 3.27. The molecule has 0 aliphatic carbocycles. The van der Waals surface area contributed by atoms with E-state index < -0.39 is 0 Å². The van der Waals surface area contributed by atoms with Crippen LogP contribution in [0.25, 0.3) is 0 Å². The molecule has 2 aromatic rings. The van der Waals surface area contributed by atoms with Crippen LogP contribution in [-0.4, -0.2) is 45.5 Å². The first-order valence-corrected chi connectivity index (χ1v) is 8.71. The number of nitrogens with zero attached hydrogens (tertiary/aromatic N) is 4. The van der Waals surface area contributed by atoms with Gasteiger partial charge >= 0.3 is 0 Å². The molecule has 1 aromatic carbocycles. The molecule has 0 spiro atoms. The van der Waals surface area contributed by atoms with Crippen molar-refractivity contribution in [3.05, 3.63) is 35.9 Å². The van der Waals surface area contributed by atoms with Gasteiger partial charge in [0, 0.05) is 32.5 Å². The van der Waals surface area contributed by atoms with Gasteiger partial charge in [-0.3, -0.25) is 4.79 Å². The highest BCUT2D eigenvalue weighted by molar-refractivity contribution is 5.76. The van der Waals surface area contributed by atoms with Crippen molar-refractivity contribution in [2.75, 3.05) is 19.9 Å². The smallest absolute Gasteiger partial charge is 0.231 e. The fourth-order valence-corrected chi connectivity index (χ4v) is 3.58. The maximum atomic E-state index is 12.6. The van der Waals surface area contributed by atoms with Gasteiger partial charge in [0.25, 0.3) is 0 Å². The Hall–Kier alpha value is -2.57. The Kier molecular flexibility index (Phi) is 4.29. The third kappa shape index (κ3) is 3.31. The minimum Gasteiger partial charge on any atom is -0.454 e. The highest BCUT2D eigenvalue weighted by atomic mass is 16.7. The van der Waals surface area contributed by atoms with E-state index in [2.05, 4.69) is 10.2 Å². The summed E-state index contributed by atoms with van der Waals surface area (Å²) in [5, 5.41) is 8.17. The molecule has 2 aliphatic heterocycles. The van der Waals surface area contributed by atoms with Crippen molar-refractivity contribution < 1.29 is 14.3 Å². The zero-order chi connectivity index (χ0) is 17.2. The fraction of sp³-hybridized carbons (Fsp3) is 0.500. The lowest BCUT2D eigenvalue weighted by atomic mass is 9.96. The molecule has 0 N–H and O–H groups in total. The number of carbonyl (C=O) groups excluding carboxylic acids is 1. The lowest BCUT2D eigenvalue weighted by Gasteiger charge is -2.32. The van der Waals surface area contributed by atoms with Crippen LogP contribution in [0.2, 0.25) is 0 Å². The molecular weight excluding hydrogens is 320 g/mol. The van der Waals surface area contributed by atoms with Crippen molar-refractivity contribution in [1.29, 1.82) is 0 Å². The van der Waals surface area contributed by atoms with Gasteiger partial charge in [-0.25, -0.2) is 0 Å².